The van der Waals surface area contributed by atoms with E-state index in [1.807, 2.05) is 0 Å². The number of anilines is 1. The van der Waals surface area contributed by atoms with Gasteiger partial charge in [-0.25, -0.2) is 0 Å². The van der Waals surface area contributed by atoms with Crippen molar-refractivity contribution in [2.75, 3.05) is 18.9 Å². The Morgan fingerprint density at radius 1 is 1.62 bits per heavy atom. The number of nitrogen functional groups attached to an aromatic ring is 1. The van der Waals surface area contributed by atoms with Crippen LogP contribution in [0.2, 0.25) is 0 Å². The topological polar surface area (TPSA) is 97.7 Å². The first-order chi connectivity index (χ1) is 6.15. The Balaban J connectivity index is 2.95. The number of pyridine rings is 1. The van der Waals surface area contributed by atoms with Gasteiger partial charge < -0.3 is 20.8 Å². The second-order valence-corrected chi connectivity index (χ2v) is 2.35. The summed E-state index contributed by atoms with van der Waals surface area (Å²) in [5.41, 5.74) is 4.90. The Labute approximate surface area is 73.7 Å². The highest BCUT2D eigenvalue weighted by molar-refractivity contribution is 5.49. The van der Waals surface area contributed by atoms with E-state index in [-0.39, 0.29) is 24.7 Å². The van der Waals surface area contributed by atoms with Crippen LogP contribution in [0.3, 0.4) is 0 Å². The summed E-state index contributed by atoms with van der Waals surface area (Å²) in [6, 6.07) is 1.05. The van der Waals surface area contributed by atoms with E-state index < -0.39 is 5.56 Å². The summed E-state index contributed by atoms with van der Waals surface area (Å²) < 4.78 is 5.28. The Morgan fingerprint density at radius 3 is 2.92 bits per heavy atom. The third-order valence-electron chi connectivity index (χ3n) is 1.38. The van der Waals surface area contributed by atoms with Crippen molar-refractivity contribution in [2.45, 2.75) is 0 Å². The van der Waals surface area contributed by atoms with Gasteiger partial charge in [0.15, 0.2) is 0 Å². The standard InChI is InChI=1S/C7H10N2O4/c8-5-4-9(12)7(11)3-6(5)13-2-1-10/h3-4,10,12H,1-2,8H2. The summed E-state index contributed by atoms with van der Waals surface area (Å²) in [4.78, 5) is 10.9. The van der Waals surface area contributed by atoms with Gasteiger partial charge >= 0.3 is 0 Å². The summed E-state index contributed by atoms with van der Waals surface area (Å²) in [6.07, 6.45) is 1.04. The molecule has 0 saturated carbocycles. The Morgan fingerprint density at radius 2 is 2.31 bits per heavy atom. The maximum atomic E-state index is 10.9. The third kappa shape index (κ3) is 2.12. The highest BCUT2D eigenvalue weighted by Crippen LogP contribution is 2.16. The molecule has 0 atom stereocenters. The number of rotatable bonds is 3. The lowest BCUT2D eigenvalue weighted by Crippen LogP contribution is -2.18. The van der Waals surface area contributed by atoms with Crippen molar-refractivity contribution in [1.82, 2.24) is 4.73 Å². The normalized spacial score (nSPS) is 9.92. The van der Waals surface area contributed by atoms with Gasteiger partial charge in [-0.15, -0.1) is 0 Å². The van der Waals surface area contributed by atoms with E-state index >= 15 is 0 Å². The molecule has 0 aromatic carbocycles. The molecular formula is C7H10N2O4. The number of nitrogens with two attached hydrogens (primary N) is 1. The van der Waals surface area contributed by atoms with Crippen molar-refractivity contribution < 1.29 is 15.1 Å². The second kappa shape index (κ2) is 3.81. The molecule has 0 unspecified atom stereocenters. The molecule has 13 heavy (non-hydrogen) atoms. The Hall–Kier alpha value is -1.69. The predicted octanol–water partition coefficient (Wildman–Crippen LogP) is -0.961. The number of hydrogen-bond donors (Lipinski definition) is 3. The van der Waals surface area contributed by atoms with E-state index in [1.165, 1.54) is 0 Å². The minimum absolute atomic E-state index is 0.0546. The average Bonchev–Trinajstić information content (AvgIpc) is 2.09. The molecule has 0 aliphatic heterocycles. The maximum Gasteiger partial charge on any atom is 0.286 e. The minimum atomic E-state index is -0.637. The van der Waals surface area contributed by atoms with E-state index in [0.717, 1.165) is 12.3 Å². The number of aromatic nitrogens is 1. The summed E-state index contributed by atoms with van der Waals surface area (Å²) in [7, 11) is 0. The molecule has 1 aromatic rings. The van der Waals surface area contributed by atoms with E-state index in [1.54, 1.807) is 0 Å². The van der Waals surface area contributed by atoms with Crippen LogP contribution in [0.4, 0.5) is 5.69 Å². The molecule has 1 heterocycles. The van der Waals surface area contributed by atoms with E-state index in [0.29, 0.717) is 4.73 Å². The van der Waals surface area contributed by atoms with E-state index in [4.69, 9.17) is 20.8 Å². The van der Waals surface area contributed by atoms with E-state index in [2.05, 4.69) is 0 Å². The Kier molecular flexibility index (Phi) is 2.76. The number of ether oxygens (including phenoxy) is 1. The van der Waals surface area contributed by atoms with Gasteiger partial charge in [-0.1, -0.05) is 0 Å². The van der Waals surface area contributed by atoms with Crippen molar-refractivity contribution in [1.29, 1.82) is 0 Å². The first-order valence-corrected chi connectivity index (χ1v) is 3.60. The molecular weight excluding hydrogens is 176 g/mol. The van der Waals surface area contributed by atoms with Crippen molar-refractivity contribution >= 4 is 5.69 Å². The number of aliphatic hydroxyl groups excluding tert-OH is 1. The zero-order chi connectivity index (χ0) is 9.84. The van der Waals surface area contributed by atoms with Gasteiger partial charge in [0.25, 0.3) is 5.56 Å². The van der Waals surface area contributed by atoms with Gasteiger partial charge in [-0.3, -0.25) is 4.79 Å². The molecule has 6 heteroatoms. The van der Waals surface area contributed by atoms with Gasteiger partial charge in [-0.05, 0) is 0 Å². The fourth-order valence-electron chi connectivity index (χ4n) is 0.801. The quantitative estimate of drug-likeness (QED) is 0.528. The SMILES string of the molecule is Nc1cn(O)c(=O)cc1OCCO. The van der Waals surface area contributed by atoms with E-state index in [9.17, 15) is 4.79 Å². The zero-order valence-corrected chi connectivity index (χ0v) is 6.80. The monoisotopic (exact) mass is 186 g/mol. The van der Waals surface area contributed by atoms with Crippen molar-refractivity contribution in [3.63, 3.8) is 0 Å². The predicted molar refractivity (Wildman–Crippen MR) is 44.9 cm³/mol. The van der Waals surface area contributed by atoms with Gasteiger partial charge in [0.05, 0.1) is 24.6 Å². The lowest BCUT2D eigenvalue weighted by molar-refractivity contribution is 0.171. The first kappa shape index (κ1) is 9.40. The number of nitrogens with zero attached hydrogens (tertiary/aromatic N) is 1. The molecule has 0 aliphatic rings. The van der Waals surface area contributed by atoms with Crippen LogP contribution < -0.4 is 16.0 Å². The number of hydrogen-bond acceptors (Lipinski definition) is 5. The molecule has 4 N–H and O–H groups in total. The van der Waals surface area contributed by atoms with Crippen LogP contribution in [-0.2, 0) is 0 Å². The van der Waals surface area contributed by atoms with Gasteiger partial charge in [0.2, 0.25) is 0 Å². The van der Waals surface area contributed by atoms with Crippen LogP contribution in [0.25, 0.3) is 0 Å². The van der Waals surface area contributed by atoms with Crippen LogP contribution in [0.15, 0.2) is 17.1 Å². The molecule has 0 spiro atoms. The molecule has 0 saturated heterocycles. The maximum absolute atomic E-state index is 10.9. The summed E-state index contributed by atoms with van der Waals surface area (Å²) in [6.45, 7) is -0.110. The van der Waals surface area contributed by atoms with Crippen molar-refractivity contribution in [3.05, 3.63) is 22.6 Å². The van der Waals surface area contributed by atoms with Gasteiger partial charge in [-0.2, -0.15) is 4.73 Å². The Bertz CT molecular complexity index is 347. The third-order valence-corrected chi connectivity index (χ3v) is 1.38. The summed E-state index contributed by atoms with van der Waals surface area (Å²) in [5.74, 6) is 0.157. The zero-order valence-electron chi connectivity index (χ0n) is 6.80. The van der Waals surface area contributed by atoms with Crippen LogP contribution in [0.1, 0.15) is 0 Å². The summed E-state index contributed by atoms with van der Waals surface area (Å²) >= 11 is 0. The van der Waals surface area contributed by atoms with Crippen LogP contribution >= 0.6 is 0 Å². The minimum Gasteiger partial charge on any atom is -0.489 e. The largest absolute Gasteiger partial charge is 0.489 e. The molecule has 1 aromatic heterocycles. The highest BCUT2D eigenvalue weighted by Gasteiger charge is 2.03. The first-order valence-electron chi connectivity index (χ1n) is 3.60. The molecule has 1 rings (SSSR count). The van der Waals surface area contributed by atoms with Crippen molar-refractivity contribution in [3.8, 4) is 5.75 Å². The molecule has 0 fully saturated rings. The molecule has 0 bridgehead atoms. The summed E-state index contributed by atoms with van der Waals surface area (Å²) in [5, 5.41) is 17.3. The van der Waals surface area contributed by atoms with Crippen LogP contribution in [0, 0.1) is 0 Å². The average molecular weight is 186 g/mol. The molecule has 0 radical (unpaired) electrons. The lowest BCUT2D eigenvalue weighted by Gasteiger charge is -2.06. The highest BCUT2D eigenvalue weighted by atomic mass is 16.5. The fraction of sp³-hybridized carbons (Fsp3) is 0.286. The smallest absolute Gasteiger partial charge is 0.286 e. The second-order valence-electron chi connectivity index (χ2n) is 2.35. The molecule has 0 aliphatic carbocycles. The lowest BCUT2D eigenvalue weighted by atomic mass is 10.4. The van der Waals surface area contributed by atoms with Crippen LogP contribution in [-0.4, -0.2) is 28.3 Å². The van der Waals surface area contributed by atoms with Gasteiger partial charge in [0.1, 0.15) is 12.4 Å². The van der Waals surface area contributed by atoms with Crippen LogP contribution in [0.5, 0.6) is 5.75 Å². The number of aliphatic hydroxyl groups is 1. The van der Waals surface area contributed by atoms with Gasteiger partial charge in [0, 0.05) is 0 Å². The molecule has 72 valence electrons. The fourth-order valence-corrected chi connectivity index (χ4v) is 0.801. The van der Waals surface area contributed by atoms with Crippen molar-refractivity contribution in [2.24, 2.45) is 0 Å². The molecule has 6 nitrogen and oxygen atoms in total. The molecule has 0 amide bonds.